The minimum absolute atomic E-state index is 0.293. The first-order valence-electron chi connectivity index (χ1n) is 3.51. The Morgan fingerprint density at radius 2 is 2.25 bits per heavy atom. The number of alkyl halides is 1. The van der Waals surface area contributed by atoms with Crippen LogP contribution in [0.15, 0.2) is 24.3 Å². The largest absolute Gasteiger partial charge is 0.398 e. The summed E-state index contributed by atoms with van der Waals surface area (Å²) in [6.07, 6.45) is 3.41. The maximum atomic E-state index is 12.7. The van der Waals surface area contributed by atoms with Crippen molar-refractivity contribution in [2.45, 2.75) is 0 Å². The molecule has 3 heteroatoms. The van der Waals surface area contributed by atoms with Gasteiger partial charge >= 0.3 is 0 Å². The second kappa shape index (κ2) is 4.12. The predicted molar refractivity (Wildman–Crippen MR) is 50.6 cm³/mol. The third kappa shape index (κ3) is 2.24. The summed E-state index contributed by atoms with van der Waals surface area (Å²) in [6.45, 7) is 0. The molecule has 0 aliphatic carbocycles. The number of rotatable bonds is 2. The first-order chi connectivity index (χ1) is 5.74. The summed E-state index contributed by atoms with van der Waals surface area (Å²) in [6, 6.07) is 4.23. The van der Waals surface area contributed by atoms with Crippen molar-refractivity contribution >= 4 is 23.4 Å². The van der Waals surface area contributed by atoms with Crippen molar-refractivity contribution in [3.63, 3.8) is 0 Å². The molecule has 0 fully saturated rings. The van der Waals surface area contributed by atoms with Gasteiger partial charge in [0, 0.05) is 11.6 Å². The molecule has 0 saturated heterocycles. The van der Waals surface area contributed by atoms with Crippen LogP contribution >= 0.6 is 11.6 Å². The third-order valence-electron chi connectivity index (χ3n) is 1.44. The van der Waals surface area contributed by atoms with Crippen LogP contribution in [0.1, 0.15) is 5.56 Å². The highest BCUT2D eigenvalue weighted by Crippen LogP contribution is 2.14. The molecule has 0 saturated carbocycles. The lowest BCUT2D eigenvalue weighted by Crippen LogP contribution is -1.89. The molecular formula is C9H9ClFN. The highest BCUT2D eigenvalue weighted by atomic mass is 35.5. The molecule has 0 bridgehead atoms. The minimum atomic E-state index is -0.293. The summed E-state index contributed by atoms with van der Waals surface area (Å²) in [4.78, 5) is 0. The van der Waals surface area contributed by atoms with Gasteiger partial charge in [-0.3, -0.25) is 0 Å². The number of halogens is 2. The summed E-state index contributed by atoms with van der Waals surface area (Å²) in [7, 11) is 0. The van der Waals surface area contributed by atoms with E-state index in [9.17, 15) is 4.39 Å². The van der Waals surface area contributed by atoms with Crippen molar-refractivity contribution in [1.29, 1.82) is 0 Å². The van der Waals surface area contributed by atoms with Crippen LogP contribution in [-0.2, 0) is 0 Å². The predicted octanol–water partition coefficient (Wildman–Crippen LogP) is 2.66. The van der Waals surface area contributed by atoms with Crippen LogP contribution in [0.4, 0.5) is 10.1 Å². The number of anilines is 1. The number of nitrogens with two attached hydrogens (primary N) is 1. The second-order valence-electron chi connectivity index (χ2n) is 2.33. The molecule has 2 N–H and O–H groups in total. The number of allylic oxidation sites excluding steroid dienone is 1. The van der Waals surface area contributed by atoms with Crippen molar-refractivity contribution < 1.29 is 4.39 Å². The molecular weight excluding hydrogens is 177 g/mol. The van der Waals surface area contributed by atoms with Crippen molar-refractivity contribution in [3.8, 4) is 0 Å². The van der Waals surface area contributed by atoms with E-state index in [0.29, 0.717) is 17.1 Å². The number of nitrogen functional groups attached to an aromatic ring is 1. The standard InChI is InChI=1S/C9H9ClFN/c10-5-1-2-7-6-8(11)3-4-9(7)12/h1-4,6H,5,12H2. The van der Waals surface area contributed by atoms with Gasteiger partial charge < -0.3 is 5.73 Å². The van der Waals surface area contributed by atoms with Crippen LogP contribution in [0.25, 0.3) is 6.08 Å². The van der Waals surface area contributed by atoms with Gasteiger partial charge in [-0.2, -0.15) is 0 Å². The van der Waals surface area contributed by atoms with Gasteiger partial charge in [-0.1, -0.05) is 12.2 Å². The van der Waals surface area contributed by atoms with E-state index in [-0.39, 0.29) is 5.82 Å². The number of hydrogen-bond acceptors (Lipinski definition) is 1. The number of hydrogen-bond donors (Lipinski definition) is 1. The quantitative estimate of drug-likeness (QED) is 0.557. The highest BCUT2D eigenvalue weighted by Gasteiger charge is 1.95. The van der Waals surface area contributed by atoms with Crippen molar-refractivity contribution in [2.24, 2.45) is 0 Å². The van der Waals surface area contributed by atoms with Gasteiger partial charge in [0.2, 0.25) is 0 Å². The highest BCUT2D eigenvalue weighted by molar-refractivity contribution is 6.19. The van der Waals surface area contributed by atoms with E-state index in [2.05, 4.69) is 0 Å². The van der Waals surface area contributed by atoms with E-state index in [4.69, 9.17) is 17.3 Å². The fraction of sp³-hybridized carbons (Fsp3) is 0.111. The molecule has 0 atom stereocenters. The summed E-state index contributed by atoms with van der Waals surface area (Å²) < 4.78 is 12.7. The third-order valence-corrected chi connectivity index (χ3v) is 1.61. The Morgan fingerprint density at radius 3 is 2.92 bits per heavy atom. The van der Waals surface area contributed by atoms with E-state index < -0.39 is 0 Å². The lowest BCUT2D eigenvalue weighted by molar-refractivity contribution is 0.628. The smallest absolute Gasteiger partial charge is 0.123 e. The fourth-order valence-corrected chi connectivity index (χ4v) is 0.951. The molecule has 0 aliphatic heterocycles. The van der Waals surface area contributed by atoms with Crippen LogP contribution in [0, 0.1) is 5.82 Å². The Balaban J connectivity index is 2.97. The molecule has 0 spiro atoms. The minimum Gasteiger partial charge on any atom is -0.398 e. The molecule has 1 aromatic rings. The Hall–Kier alpha value is -1.02. The average molecular weight is 186 g/mol. The Bertz CT molecular complexity index is 297. The lowest BCUT2D eigenvalue weighted by Gasteiger charge is -1.98. The molecule has 0 aromatic heterocycles. The van der Waals surface area contributed by atoms with E-state index >= 15 is 0 Å². The molecule has 0 unspecified atom stereocenters. The summed E-state index contributed by atoms with van der Waals surface area (Å²) in [5, 5.41) is 0. The van der Waals surface area contributed by atoms with Crippen LogP contribution in [-0.4, -0.2) is 5.88 Å². The summed E-state index contributed by atoms with van der Waals surface area (Å²) in [5.74, 6) is 0.106. The van der Waals surface area contributed by atoms with Gasteiger partial charge in [0.05, 0.1) is 0 Å². The van der Waals surface area contributed by atoms with Gasteiger partial charge in [0.15, 0.2) is 0 Å². The van der Waals surface area contributed by atoms with Gasteiger partial charge in [-0.05, 0) is 23.8 Å². The average Bonchev–Trinajstić information content (AvgIpc) is 2.07. The fourth-order valence-electron chi connectivity index (χ4n) is 0.861. The van der Waals surface area contributed by atoms with Crippen LogP contribution < -0.4 is 5.73 Å². The van der Waals surface area contributed by atoms with E-state index in [1.165, 1.54) is 18.2 Å². The zero-order valence-corrected chi connectivity index (χ0v) is 7.18. The van der Waals surface area contributed by atoms with E-state index in [1.54, 1.807) is 12.2 Å². The zero-order valence-electron chi connectivity index (χ0n) is 6.43. The molecule has 1 rings (SSSR count). The molecule has 0 heterocycles. The molecule has 0 aliphatic rings. The maximum absolute atomic E-state index is 12.7. The van der Waals surface area contributed by atoms with Crippen LogP contribution in [0.5, 0.6) is 0 Å². The van der Waals surface area contributed by atoms with Crippen LogP contribution in [0.2, 0.25) is 0 Å². The lowest BCUT2D eigenvalue weighted by atomic mass is 10.1. The van der Waals surface area contributed by atoms with Crippen molar-refractivity contribution in [2.75, 3.05) is 11.6 Å². The van der Waals surface area contributed by atoms with E-state index in [0.717, 1.165) is 0 Å². The van der Waals surface area contributed by atoms with Crippen molar-refractivity contribution in [1.82, 2.24) is 0 Å². The van der Waals surface area contributed by atoms with Gasteiger partial charge in [0.25, 0.3) is 0 Å². The Morgan fingerprint density at radius 1 is 1.50 bits per heavy atom. The maximum Gasteiger partial charge on any atom is 0.123 e. The molecule has 0 amide bonds. The first kappa shape index (κ1) is 9.07. The summed E-state index contributed by atoms with van der Waals surface area (Å²) in [5.41, 5.74) is 6.79. The van der Waals surface area contributed by atoms with Gasteiger partial charge in [-0.25, -0.2) is 4.39 Å². The molecule has 0 radical (unpaired) electrons. The van der Waals surface area contributed by atoms with Gasteiger partial charge in [0.1, 0.15) is 5.82 Å². The van der Waals surface area contributed by atoms with Crippen LogP contribution in [0.3, 0.4) is 0 Å². The van der Waals surface area contributed by atoms with E-state index in [1.807, 2.05) is 0 Å². The number of benzene rings is 1. The first-order valence-corrected chi connectivity index (χ1v) is 4.05. The molecule has 64 valence electrons. The Kier molecular flexibility index (Phi) is 3.11. The molecule has 1 aromatic carbocycles. The SMILES string of the molecule is Nc1ccc(F)cc1C=CCCl. The monoisotopic (exact) mass is 185 g/mol. The topological polar surface area (TPSA) is 26.0 Å². The zero-order chi connectivity index (χ0) is 8.97. The summed E-state index contributed by atoms with van der Waals surface area (Å²) >= 11 is 5.42. The Labute approximate surface area is 75.6 Å². The second-order valence-corrected chi connectivity index (χ2v) is 2.64. The molecule has 1 nitrogen and oxygen atoms in total. The molecule has 12 heavy (non-hydrogen) atoms. The van der Waals surface area contributed by atoms with Gasteiger partial charge in [-0.15, -0.1) is 11.6 Å². The van der Waals surface area contributed by atoms with Crippen molar-refractivity contribution in [3.05, 3.63) is 35.7 Å². The normalized spacial score (nSPS) is 10.8.